The van der Waals surface area contributed by atoms with Crippen molar-refractivity contribution in [1.82, 2.24) is 4.72 Å². The van der Waals surface area contributed by atoms with E-state index in [0.717, 1.165) is 18.5 Å². The highest BCUT2D eigenvalue weighted by atomic mass is 79.9. The fraction of sp³-hybridized carbons (Fsp3) is 0.500. The molecule has 0 radical (unpaired) electrons. The van der Waals surface area contributed by atoms with Crippen LogP contribution in [0, 0.1) is 0 Å². The topological polar surface area (TPSA) is 69.6 Å². The number of aliphatic hydroxyl groups excluding tert-OH is 1. The first-order valence-corrected chi connectivity index (χ1v) is 8.75. The number of halogens is 1. The van der Waals surface area contributed by atoms with Crippen LogP contribution in [-0.4, -0.2) is 38.3 Å². The van der Waals surface area contributed by atoms with E-state index in [2.05, 4.69) is 25.6 Å². The maximum atomic E-state index is 11.3. The molecular weight excluding hydrogens is 332 g/mol. The monoisotopic (exact) mass is 348 g/mol. The van der Waals surface area contributed by atoms with Crippen molar-refractivity contribution in [3.8, 4) is 0 Å². The molecule has 1 unspecified atom stereocenters. The molecule has 2 rings (SSSR count). The van der Waals surface area contributed by atoms with E-state index in [1.807, 2.05) is 25.2 Å². The predicted octanol–water partition coefficient (Wildman–Crippen LogP) is 0.984. The minimum absolute atomic E-state index is 0.0113. The van der Waals surface area contributed by atoms with Crippen LogP contribution in [0.1, 0.15) is 17.2 Å². The third-order valence-electron chi connectivity index (χ3n) is 3.26. The Balaban J connectivity index is 2.06. The van der Waals surface area contributed by atoms with Crippen molar-refractivity contribution in [2.75, 3.05) is 29.7 Å². The second-order valence-corrected chi connectivity index (χ2v) is 7.76. The first kappa shape index (κ1) is 14.8. The van der Waals surface area contributed by atoms with Gasteiger partial charge in [-0.3, -0.25) is 0 Å². The van der Waals surface area contributed by atoms with E-state index in [4.69, 9.17) is 0 Å². The second kappa shape index (κ2) is 5.78. The van der Waals surface area contributed by atoms with Crippen LogP contribution in [0.4, 0.5) is 5.69 Å². The summed E-state index contributed by atoms with van der Waals surface area (Å²) < 4.78 is 24.8. The summed E-state index contributed by atoms with van der Waals surface area (Å²) in [4.78, 5) is 2.17. The number of sulfonamides is 1. The average Bonchev–Trinajstić information content (AvgIpc) is 2.77. The molecule has 1 aromatic carbocycles. The summed E-state index contributed by atoms with van der Waals surface area (Å²) in [6.07, 6.45) is 0.129. The molecule has 0 amide bonds. The summed E-state index contributed by atoms with van der Waals surface area (Å²) in [5.74, 6) is 0. The van der Waals surface area contributed by atoms with Crippen molar-refractivity contribution >= 4 is 31.6 Å². The first-order valence-electron chi connectivity index (χ1n) is 5.98. The highest BCUT2D eigenvalue weighted by molar-refractivity contribution is 9.10. The quantitative estimate of drug-likeness (QED) is 0.778. The highest BCUT2D eigenvalue weighted by Gasteiger charge is 2.18. The normalized spacial score (nSPS) is 16.5. The molecule has 1 aliphatic heterocycles. The Bertz CT molecular complexity index is 562. The van der Waals surface area contributed by atoms with Crippen molar-refractivity contribution in [3.05, 3.63) is 29.3 Å². The lowest BCUT2D eigenvalue weighted by Crippen LogP contribution is -2.29. The average molecular weight is 349 g/mol. The molecule has 1 aromatic rings. The molecule has 0 fully saturated rings. The van der Waals surface area contributed by atoms with E-state index < -0.39 is 16.1 Å². The zero-order chi connectivity index (χ0) is 14.0. The zero-order valence-corrected chi connectivity index (χ0v) is 13.0. The van der Waals surface area contributed by atoms with Gasteiger partial charge in [-0.2, -0.15) is 0 Å². The van der Waals surface area contributed by atoms with Gasteiger partial charge in [0, 0.05) is 25.8 Å². The molecular formula is C12H17BrN2O3S. The van der Waals surface area contributed by atoms with Crippen molar-refractivity contribution in [3.63, 3.8) is 0 Å². The summed E-state index contributed by atoms with van der Waals surface area (Å²) in [5, 5.41) is 10.0. The summed E-state index contributed by atoms with van der Waals surface area (Å²) in [6, 6.07) is 5.76. The number of anilines is 1. The minimum Gasteiger partial charge on any atom is -0.387 e. The lowest BCUT2D eigenvalue weighted by atomic mass is 10.0. The van der Waals surface area contributed by atoms with Crippen LogP contribution < -0.4 is 9.62 Å². The summed E-state index contributed by atoms with van der Waals surface area (Å²) in [6.45, 7) is 0.966. The second-order valence-electron chi connectivity index (χ2n) is 4.65. The molecule has 0 aliphatic carbocycles. The van der Waals surface area contributed by atoms with E-state index >= 15 is 0 Å². The van der Waals surface area contributed by atoms with E-state index in [0.29, 0.717) is 0 Å². The van der Waals surface area contributed by atoms with Crippen LogP contribution in [-0.2, 0) is 16.4 Å². The number of benzene rings is 1. The first-order chi connectivity index (χ1) is 8.93. The molecule has 0 bridgehead atoms. The number of hydrogen-bond donors (Lipinski definition) is 2. The van der Waals surface area contributed by atoms with Gasteiger partial charge >= 0.3 is 0 Å². The maximum Gasteiger partial charge on any atom is 0.221 e. The Hall–Kier alpha value is -0.630. The molecule has 1 heterocycles. The van der Waals surface area contributed by atoms with Crippen LogP contribution in [0.5, 0.6) is 0 Å². The SMILES string of the molecule is CN1CCc2cc(C(O)CNS(=O)(=O)CBr)ccc21. The van der Waals surface area contributed by atoms with E-state index in [-0.39, 0.29) is 11.2 Å². The van der Waals surface area contributed by atoms with Crippen LogP contribution in [0.3, 0.4) is 0 Å². The maximum absolute atomic E-state index is 11.3. The largest absolute Gasteiger partial charge is 0.387 e. The Morgan fingerprint density at radius 3 is 2.95 bits per heavy atom. The number of nitrogens with one attached hydrogen (secondary N) is 1. The molecule has 106 valence electrons. The van der Waals surface area contributed by atoms with Crippen molar-refractivity contribution in [2.45, 2.75) is 12.5 Å². The van der Waals surface area contributed by atoms with Crippen molar-refractivity contribution in [2.24, 2.45) is 0 Å². The van der Waals surface area contributed by atoms with Crippen LogP contribution in [0.25, 0.3) is 0 Å². The lowest BCUT2D eigenvalue weighted by molar-refractivity contribution is 0.182. The van der Waals surface area contributed by atoms with Gasteiger partial charge in [-0.05, 0) is 23.6 Å². The number of alkyl halides is 1. The van der Waals surface area contributed by atoms with Crippen molar-refractivity contribution < 1.29 is 13.5 Å². The molecule has 1 aliphatic rings. The Morgan fingerprint density at radius 2 is 2.26 bits per heavy atom. The summed E-state index contributed by atoms with van der Waals surface area (Å²) >= 11 is 2.89. The summed E-state index contributed by atoms with van der Waals surface area (Å²) in [5.41, 5.74) is 3.12. The molecule has 2 N–H and O–H groups in total. The molecule has 0 saturated carbocycles. The van der Waals surface area contributed by atoms with Gasteiger partial charge in [-0.15, -0.1) is 0 Å². The number of nitrogens with zero attached hydrogens (tertiary/aromatic N) is 1. The van der Waals surface area contributed by atoms with Crippen LogP contribution in [0.15, 0.2) is 18.2 Å². The zero-order valence-electron chi connectivity index (χ0n) is 10.6. The number of likely N-dealkylation sites (N-methyl/N-ethyl adjacent to an activating group) is 1. The third kappa shape index (κ3) is 3.47. The van der Waals surface area contributed by atoms with Crippen molar-refractivity contribution in [1.29, 1.82) is 0 Å². The van der Waals surface area contributed by atoms with E-state index in [1.54, 1.807) is 0 Å². The molecule has 5 nitrogen and oxygen atoms in total. The molecule has 1 atom stereocenters. The van der Waals surface area contributed by atoms with Gasteiger partial charge in [0.25, 0.3) is 0 Å². The lowest BCUT2D eigenvalue weighted by Gasteiger charge is -2.15. The predicted molar refractivity (Wildman–Crippen MR) is 79.1 cm³/mol. The molecule has 0 aromatic heterocycles. The van der Waals surface area contributed by atoms with Crippen LogP contribution in [0.2, 0.25) is 0 Å². The number of hydrogen-bond acceptors (Lipinski definition) is 4. The van der Waals surface area contributed by atoms with E-state index in [9.17, 15) is 13.5 Å². The number of aliphatic hydroxyl groups is 1. The number of rotatable bonds is 5. The number of fused-ring (bicyclic) bond motifs is 1. The Labute approximate surface area is 121 Å². The molecule has 0 spiro atoms. The molecule has 7 heteroatoms. The van der Waals surface area contributed by atoms with Gasteiger partial charge in [0.1, 0.15) is 4.66 Å². The molecule has 19 heavy (non-hydrogen) atoms. The Kier molecular flexibility index (Phi) is 4.50. The molecule has 0 saturated heterocycles. The van der Waals surface area contributed by atoms with Gasteiger partial charge in [0.05, 0.1) is 6.10 Å². The third-order valence-corrected chi connectivity index (χ3v) is 5.96. The van der Waals surface area contributed by atoms with E-state index in [1.165, 1.54) is 11.3 Å². The highest BCUT2D eigenvalue weighted by Crippen LogP contribution is 2.29. The van der Waals surface area contributed by atoms with Crippen LogP contribution >= 0.6 is 15.9 Å². The standard InChI is InChI=1S/C12H17BrN2O3S/c1-15-5-4-9-6-10(2-3-11(9)15)12(16)7-14-19(17,18)8-13/h2-3,6,12,14,16H,4-5,7-8H2,1H3. The van der Waals surface area contributed by atoms with Gasteiger partial charge in [-0.1, -0.05) is 28.1 Å². The minimum atomic E-state index is -3.34. The summed E-state index contributed by atoms with van der Waals surface area (Å²) in [7, 11) is -1.31. The fourth-order valence-corrected chi connectivity index (χ4v) is 3.13. The smallest absolute Gasteiger partial charge is 0.221 e. The fourth-order valence-electron chi connectivity index (χ4n) is 2.16. The van der Waals surface area contributed by atoms with Gasteiger partial charge in [0.2, 0.25) is 10.0 Å². The van der Waals surface area contributed by atoms with Gasteiger partial charge < -0.3 is 10.0 Å². The van der Waals surface area contributed by atoms with Gasteiger partial charge in [0.15, 0.2) is 0 Å². The van der Waals surface area contributed by atoms with Gasteiger partial charge in [-0.25, -0.2) is 13.1 Å². The Morgan fingerprint density at radius 1 is 1.53 bits per heavy atom.